The first kappa shape index (κ1) is 18.5. The number of aromatic nitrogens is 6. The van der Waals surface area contributed by atoms with Gasteiger partial charge in [-0.2, -0.15) is 10.2 Å². The second-order valence-corrected chi connectivity index (χ2v) is 7.08. The molecule has 0 aliphatic carbocycles. The lowest BCUT2D eigenvalue weighted by molar-refractivity contribution is 0.0697. The third-order valence-corrected chi connectivity index (χ3v) is 5.09. The minimum Gasteiger partial charge on any atom is -0.478 e. The molecule has 0 unspecified atom stereocenters. The van der Waals surface area contributed by atoms with Gasteiger partial charge in [-0.25, -0.2) is 9.89 Å². The van der Waals surface area contributed by atoms with E-state index in [1.54, 1.807) is 60.7 Å². The normalized spacial score (nSPS) is 11.1. The Morgan fingerprint density at radius 2 is 1.90 bits per heavy atom. The molecule has 0 saturated carbocycles. The monoisotopic (exact) mass is 412 g/mol. The molecule has 4 heterocycles. The highest BCUT2D eigenvalue weighted by atomic mass is 16.4. The van der Waals surface area contributed by atoms with Crippen molar-refractivity contribution in [1.82, 2.24) is 29.9 Å². The van der Waals surface area contributed by atoms with E-state index in [4.69, 9.17) is 0 Å². The van der Waals surface area contributed by atoms with Crippen LogP contribution in [-0.4, -0.2) is 41.0 Å². The van der Waals surface area contributed by atoms with Crippen molar-refractivity contribution in [1.29, 1.82) is 0 Å². The van der Waals surface area contributed by atoms with Crippen LogP contribution in [-0.2, 0) is 7.05 Å². The molecule has 5 rings (SSSR count). The number of aryl methyl sites for hydroxylation is 1. The number of hydrogen-bond acceptors (Lipinski definition) is 5. The molecule has 9 nitrogen and oxygen atoms in total. The Labute approximate surface area is 175 Å². The van der Waals surface area contributed by atoms with E-state index in [1.807, 2.05) is 6.20 Å². The van der Waals surface area contributed by atoms with Crippen LogP contribution in [0, 0.1) is 0 Å². The SMILES string of the molecule is Cn1cc(-c2c(-c3cc(-c4ccncc4)n[nH]c3=O)[nH]c3ccc(C(=O)O)cc23)cn1. The van der Waals surface area contributed by atoms with Crippen LogP contribution in [0.3, 0.4) is 0 Å². The number of hydrogen-bond donors (Lipinski definition) is 3. The van der Waals surface area contributed by atoms with Gasteiger partial charge in [0.2, 0.25) is 0 Å². The van der Waals surface area contributed by atoms with E-state index in [1.165, 1.54) is 6.07 Å². The Morgan fingerprint density at radius 1 is 1.10 bits per heavy atom. The summed E-state index contributed by atoms with van der Waals surface area (Å²) in [6.07, 6.45) is 6.80. The van der Waals surface area contributed by atoms with Crippen LogP contribution in [0.15, 0.2) is 66.0 Å². The molecule has 0 saturated heterocycles. The van der Waals surface area contributed by atoms with Crippen LogP contribution in [0.2, 0.25) is 0 Å². The topological polar surface area (TPSA) is 130 Å². The molecule has 0 atom stereocenters. The van der Waals surface area contributed by atoms with E-state index in [-0.39, 0.29) is 11.1 Å². The van der Waals surface area contributed by atoms with E-state index < -0.39 is 5.97 Å². The third-order valence-electron chi connectivity index (χ3n) is 5.09. The van der Waals surface area contributed by atoms with Gasteiger partial charge in [0.05, 0.1) is 28.7 Å². The van der Waals surface area contributed by atoms with Crippen LogP contribution >= 0.6 is 0 Å². The number of H-pyrrole nitrogens is 2. The minimum atomic E-state index is -1.02. The van der Waals surface area contributed by atoms with Crippen LogP contribution in [0.4, 0.5) is 0 Å². The summed E-state index contributed by atoms with van der Waals surface area (Å²) in [7, 11) is 1.79. The number of nitrogens with zero attached hydrogens (tertiary/aromatic N) is 4. The van der Waals surface area contributed by atoms with Gasteiger partial charge in [0.25, 0.3) is 5.56 Å². The average molecular weight is 412 g/mol. The molecule has 9 heteroatoms. The Hall–Kier alpha value is -4.53. The van der Waals surface area contributed by atoms with Gasteiger partial charge < -0.3 is 10.1 Å². The molecule has 152 valence electrons. The second kappa shape index (κ2) is 7.06. The number of carbonyl (C=O) groups is 1. The molecule has 4 aromatic heterocycles. The van der Waals surface area contributed by atoms with Crippen molar-refractivity contribution in [2.24, 2.45) is 7.05 Å². The lowest BCUT2D eigenvalue weighted by Gasteiger charge is -2.05. The first-order chi connectivity index (χ1) is 15.0. The van der Waals surface area contributed by atoms with Crippen LogP contribution in [0.25, 0.3) is 44.5 Å². The molecule has 0 fully saturated rings. The lowest BCUT2D eigenvalue weighted by Crippen LogP contribution is -2.12. The van der Waals surface area contributed by atoms with Crippen molar-refractivity contribution in [3.8, 4) is 33.6 Å². The van der Waals surface area contributed by atoms with Crippen LogP contribution in [0.5, 0.6) is 0 Å². The fourth-order valence-corrected chi connectivity index (χ4v) is 3.64. The maximum atomic E-state index is 12.8. The largest absolute Gasteiger partial charge is 0.478 e. The van der Waals surface area contributed by atoms with Crippen molar-refractivity contribution >= 4 is 16.9 Å². The predicted molar refractivity (Wildman–Crippen MR) is 115 cm³/mol. The Morgan fingerprint density at radius 3 is 2.61 bits per heavy atom. The molecular weight excluding hydrogens is 396 g/mol. The summed E-state index contributed by atoms with van der Waals surface area (Å²) < 4.78 is 1.65. The zero-order valence-corrected chi connectivity index (χ0v) is 16.3. The quantitative estimate of drug-likeness (QED) is 0.416. The van der Waals surface area contributed by atoms with Crippen molar-refractivity contribution in [2.45, 2.75) is 0 Å². The predicted octanol–water partition coefficient (Wildman–Crippen LogP) is 3.08. The zero-order chi connectivity index (χ0) is 21.5. The highest BCUT2D eigenvalue weighted by Gasteiger charge is 2.20. The number of benzene rings is 1. The summed E-state index contributed by atoms with van der Waals surface area (Å²) >= 11 is 0. The maximum absolute atomic E-state index is 12.8. The van der Waals surface area contributed by atoms with Crippen molar-refractivity contribution in [3.63, 3.8) is 0 Å². The number of carboxylic acids is 1. The third kappa shape index (κ3) is 3.18. The molecule has 0 amide bonds. The molecule has 0 aliphatic rings. The Bertz CT molecular complexity index is 1500. The number of pyridine rings is 1. The molecule has 5 aromatic rings. The zero-order valence-electron chi connectivity index (χ0n) is 16.3. The Kier molecular flexibility index (Phi) is 4.21. The highest BCUT2D eigenvalue weighted by molar-refractivity contribution is 6.06. The number of fused-ring (bicyclic) bond motifs is 1. The molecule has 0 radical (unpaired) electrons. The smallest absolute Gasteiger partial charge is 0.335 e. The van der Waals surface area contributed by atoms with Crippen LogP contribution < -0.4 is 5.56 Å². The van der Waals surface area contributed by atoms with Crippen molar-refractivity contribution in [3.05, 3.63) is 77.1 Å². The average Bonchev–Trinajstić information content (AvgIpc) is 3.37. The van der Waals surface area contributed by atoms with Crippen LogP contribution in [0.1, 0.15) is 10.4 Å². The van der Waals surface area contributed by atoms with Gasteiger partial charge in [-0.1, -0.05) is 0 Å². The highest BCUT2D eigenvalue weighted by Crippen LogP contribution is 2.38. The van der Waals surface area contributed by atoms with Gasteiger partial charge in [-0.15, -0.1) is 0 Å². The van der Waals surface area contributed by atoms with E-state index >= 15 is 0 Å². The number of rotatable bonds is 4. The standard InChI is InChI=1S/C22H16N6O3/c1-28-11-14(10-24-28)19-15-8-13(22(30)31)2-3-17(15)25-20(19)16-9-18(26-27-21(16)29)12-4-6-23-7-5-12/h2-11,25H,1H3,(H,27,29)(H,30,31). The summed E-state index contributed by atoms with van der Waals surface area (Å²) in [5.74, 6) is -1.02. The first-order valence-corrected chi connectivity index (χ1v) is 9.40. The van der Waals surface area contributed by atoms with Crippen molar-refractivity contribution in [2.75, 3.05) is 0 Å². The summed E-state index contributed by atoms with van der Waals surface area (Å²) in [6, 6.07) is 10.1. The van der Waals surface area contributed by atoms with Gasteiger partial charge >= 0.3 is 5.97 Å². The number of aromatic carboxylic acids is 1. The number of nitrogens with one attached hydrogen (secondary N) is 2. The van der Waals surface area contributed by atoms with Gasteiger partial charge in [0.15, 0.2) is 0 Å². The van der Waals surface area contributed by atoms with Gasteiger partial charge in [-0.3, -0.25) is 14.5 Å². The van der Waals surface area contributed by atoms with E-state index in [2.05, 4.69) is 25.3 Å². The molecule has 0 bridgehead atoms. The number of carboxylic acid groups (broad SMARTS) is 1. The fourth-order valence-electron chi connectivity index (χ4n) is 3.64. The molecule has 1 aromatic carbocycles. The molecule has 0 aliphatic heterocycles. The maximum Gasteiger partial charge on any atom is 0.335 e. The van der Waals surface area contributed by atoms with Gasteiger partial charge in [-0.05, 0) is 36.4 Å². The van der Waals surface area contributed by atoms with Crippen molar-refractivity contribution < 1.29 is 9.90 Å². The number of aromatic amines is 2. The lowest BCUT2D eigenvalue weighted by atomic mass is 10.00. The first-order valence-electron chi connectivity index (χ1n) is 9.40. The summed E-state index contributed by atoms with van der Waals surface area (Å²) in [5.41, 5.74) is 4.28. The second-order valence-electron chi connectivity index (χ2n) is 7.08. The summed E-state index contributed by atoms with van der Waals surface area (Å²) in [4.78, 5) is 31.6. The molecule has 3 N–H and O–H groups in total. The Balaban J connectivity index is 1.81. The molecule has 31 heavy (non-hydrogen) atoms. The molecular formula is C22H16N6O3. The van der Waals surface area contributed by atoms with E-state index in [9.17, 15) is 14.7 Å². The van der Waals surface area contributed by atoms with E-state index in [0.717, 1.165) is 11.1 Å². The summed E-state index contributed by atoms with van der Waals surface area (Å²) in [5, 5.41) is 21.1. The minimum absolute atomic E-state index is 0.157. The summed E-state index contributed by atoms with van der Waals surface area (Å²) in [6.45, 7) is 0. The fraction of sp³-hybridized carbons (Fsp3) is 0.0455. The van der Waals surface area contributed by atoms with Gasteiger partial charge in [0.1, 0.15) is 0 Å². The molecule has 0 spiro atoms. The van der Waals surface area contributed by atoms with Gasteiger partial charge in [0, 0.05) is 53.2 Å². The van der Waals surface area contributed by atoms with E-state index in [0.29, 0.717) is 33.4 Å².